The Labute approximate surface area is 132 Å². The average molecular weight is 311 g/mol. The Balaban J connectivity index is 1.43. The molecule has 0 aromatic carbocycles. The van der Waals surface area contributed by atoms with Crippen LogP contribution in [0.4, 0.5) is 0 Å². The summed E-state index contributed by atoms with van der Waals surface area (Å²) in [6.07, 6.45) is 4.58. The van der Waals surface area contributed by atoms with Gasteiger partial charge in [0.05, 0.1) is 13.2 Å². The van der Waals surface area contributed by atoms with Crippen LogP contribution in [0.5, 0.6) is 0 Å². The first-order chi connectivity index (χ1) is 10.7. The number of aliphatic imine (C=N–C) groups is 1. The summed E-state index contributed by atoms with van der Waals surface area (Å²) in [5.41, 5.74) is 5.81. The van der Waals surface area contributed by atoms with Gasteiger partial charge in [0.1, 0.15) is 0 Å². The third kappa shape index (κ3) is 7.61. The number of amides is 1. The summed E-state index contributed by atoms with van der Waals surface area (Å²) in [5.74, 6) is 0.610. The zero-order valence-electron chi connectivity index (χ0n) is 13.4. The molecule has 2 rings (SSSR count). The number of guanidine groups is 1. The van der Waals surface area contributed by atoms with Crippen molar-refractivity contribution in [2.75, 3.05) is 45.9 Å². The predicted molar refractivity (Wildman–Crippen MR) is 86.8 cm³/mol. The third-order valence-corrected chi connectivity index (χ3v) is 3.85. The van der Waals surface area contributed by atoms with Crippen LogP contribution in [-0.2, 0) is 9.53 Å². The maximum absolute atomic E-state index is 11.5. The van der Waals surface area contributed by atoms with Crippen molar-refractivity contribution < 1.29 is 9.53 Å². The average Bonchev–Trinajstić information content (AvgIpc) is 3.33. The summed E-state index contributed by atoms with van der Waals surface area (Å²) in [5, 5.41) is 6.09. The molecule has 1 amide bonds. The lowest BCUT2D eigenvalue weighted by Gasteiger charge is -2.26. The molecule has 7 heteroatoms. The SMILES string of the molecule is NC(=NCCCC(=O)NC1CC1)NCCCN1CCOCC1. The number of hydrogen-bond donors (Lipinski definition) is 3. The largest absolute Gasteiger partial charge is 0.379 e. The van der Waals surface area contributed by atoms with Gasteiger partial charge in [-0.05, 0) is 32.2 Å². The van der Waals surface area contributed by atoms with Crippen LogP contribution in [0.1, 0.15) is 32.1 Å². The number of nitrogens with one attached hydrogen (secondary N) is 2. The van der Waals surface area contributed by atoms with E-state index in [2.05, 4.69) is 20.5 Å². The quantitative estimate of drug-likeness (QED) is 0.308. The molecule has 22 heavy (non-hydrogen) atoms. The summed E-state index contributed by atoms with van der Waals surface area (Å²) < 4.78 is 5.32. The van der Waals surface area contributed by atoms with Crippen LogP contribution in [0.2, 0.25) is 0 Å². The second-order valence-corrected chi connectivity index (χ2v) is 5.95. The molecule has 0 bridgehead atoms. The van der Waals surface area contributed by atoms with E-state index >= 15 is 0 Å². The fourth-order valence-corrected chi connectivity index (χ4v) is 2.37. The Hall–Kier alpha value is -1.34. The van der Waals surface area contributed by atoms with Crippen molar-refractivity contribution >= 4 is 11.9 Å². The van der Waals surface area contributed by atoms with Crippen LogP contribution in [0.3, 0.4) is 0 Å². The van der Waals surface area contributed by atoms with Crippen molar-refractivity contribution in [1.29, 1.82) is 0 Å². The van der Waals surface area contributed by atoms with Gasteiger partial charge in [0.2, 0.25) is 5.91 Å². The van der Waals surface area contributed by atoms with E-state index in [1.165, 1.54) is 0 Å². The second kappa shape index (κ2) is 9.63. The van der Waals surface area contributed by atoms with Crippen molar-refractivity contribution in [3.05, 3.63) is 0 Å². The molecular weight excluding hydrogens is 282 g/mol. The van der Waals surface area contributed by atoms with Crippen LogP contribution >= 0.6 is 0 Å². The van der Waals surface area contributed by atoms with E-state index < -0.39 is 0 Å². The van der Waals surface area contributed by atoms with Gasteiger partial charge in [0, 0.05) is 38.6 Å². The Morgan fingerprint density at radius 3 is 2.77 bits per heavy atom. The van der Waals surface area contributed by atoms with Crippen molar-refractivity contribution in [3.63, 3.8) is 0 Å². The molecule has 4 N–H and O–H groups in total. The molecule has 1 aliphatic heterocycles. The van der Waals surface area contributed by atoms with Crippen LogP contribution in [0.15, 0.2) is 4.99 Å². The number of rotatable bonds is 9. The van der Waals surface area contributed by atoms with Crippen molar-refractivity contribution in [1.82, 2.24) is 15.5 Å². The van der Waals surface area contributed by atoms with Gasteiger partial charge in [-0.25, -0.2) is 0 Å². The summed E-state index contributed by atoms with van der Waals surface area (Å²) >= 11 is 0. The maximum atomic E-state index is 11.5. The monoisotopic (exact) mass is 311 g/mol. The lowest BCUT2D eigenvalue weighted by atomic mass is 10.3. The molecule has 7 nitrogen and oxygen atoms in total. The van der Waals surface area contributed by atoms with Crippen molar-refractivity contribution in [3.8, 4) is 0 Å². The number of nitrogens with two attached hydrogens (primary N) is 1. The van der Waals surface area contributed by atoms with Crippen LogP contribution < -0.4 is 16.4 Å². The van der Waals surface area contributed by atoms with Gasteiger partial charge in [-0.2, -0.15) is 0 Å². The first-order valence-corrected chi connectivity index (χ1v) is 8.37. The number of morpholine rings is 1. The molecule has 2 fully saturated rings. The van der Waals surface area contributed by atoms with Gasteiger partial charge < -0.3 is 21.1 Å². The number of nitrogens with zero attached hydrogens (tertiary/aromatic N) is 2. The molecule has 1 saturated carbocycles. The first-order valence-electron chi connectivity index (χ1n) is 8.37. The number of hydrogen-bond acceptors (Lipinski definition) is 4. The summed E-state index contributed by atoms with van der Waals surface area (Å²) in [7, 11) is 0. The summed E-state index contributed by atoms with van der Waals surface area (Å²) in [4.78, 5) is 18.1. The van der Waals surface area contributed by atoms with Gasteiger partial charge in [-0.1, -0.05) is 0 Å². The second-order valence-electron chi connectivity index (χ2n) is 5.95. The van der Waals surface area contributed by atoms with Crippen LogP contribution in [0, 0.1) is 0 Å². The molecule has 126 valence electrons. The van der Waals surface area contributed by atoms with E-state index in [-0.39, 0.29) is 5.91 Å². The summed E-state index contributed by atoms with van der Waals surface area (Å²) in [6, 6.07) is 0.439. The van der Waals surface area contributed by atoms with E-state index in [4.69, 9.17) is 10.5 Å². The highest BCUT2D eigenvalue weighted by atomic mass is 16.5. The van der Waals surface area contributed by atoms with E-state index in [1.807, 2.05) is 0 Å². The van der Waals surface area contributed by atoms with Gasteiger partial charge in [0.25, 0.3) is 0 Å². The smallest absolute Gasteiger partial charge is 0.220 e. The molecule has 2 aliphatic rings. The fourth-order valence-electron chi connectivity index (χ4n) is 2.37. The van der Waals surface area contributed by atoms with E-state index in [9.17, 15) is 4.79 Å². The minimum absolute atomic E-state index is 0.134. The van der Waals surface area contributed by atoms with E-state index in [0.29, 0.717) is 25.0 Å². The van der Waals surface area contributed by atoms with E-state index in [1.54, 1.807) is 0 Å². The Morgan fingerprint density at radius 1 is 1.27 bits per heavy atom. The minimum atomic E-state index is 0.134. The van der Waals surface area contributed by atoms with Gasteiger partial charge in [-0.3, -0.25) is 14.7 Å². The highest BCUT2D eigenvalue weighted by molar-refractivity contribution is 5.78. The molecule has 0 aromatic heterocycles. The minimum Gasteiger partial charge on any atom is -0.379 e. The Bertz CT molecular complexity index is 365. The predicted octanol–water partition coefficient (Wildman–Crippen LogP) is -0.328. The zero-order valence-corrected chi connectivity index (χ0v) is 13.4. The number of ether oxygens (including phenoxy) is 1. The Kier molecular flexibility index (Phi) is 7.45. The molecule has 0 spiro atoms. The lowest BCUT2D eigenvalue weighted by molar-refractivity contribution is -0.121. The van der Waals surface area contributed by atoms with Gasteiger partial charge in [0.15, 0.2) is 5.96 Å². The zero-order chi connectivity index (χ0) is 15.6. The molecule has 0 aromatic rings. The standard InChI is InChI=1S/C15H29N5O2/c16-15(17-6-1-3-14(21)19-13-4-5-13)18-7-2-8-20-9-11-22-12-10-20/h13H,1-12H2,(H,19,21)(H3,16,17,18). The molecule has 0 radical (unpaired) electrons. The van der Waals surface area contributed by atoms with E-state index in [0.717, 1.165) is 65.1 Å². The van der Waals surface area contributed by atoms with Crippen LogP contribution in [-0.4, -0.2) is 68.7 Å². The molecule has 1 aliphatic carbocycles. The maximum Gasteiger partial charge on any atom is 0.220 e. The number of carbonyl (C=O) groups is 1. The van der Waals surface area contributed by atoms with Crippen LogP contribution in [0.25, 0.3) is 0 Å². The first kappa shape index (κ1) is 17.0. The normalized spacial score (nSPS) is 19.9. The third-order valence-electron chi connectivity index (χ3n) is 3.85. The number of carbonyl (C=O) groups excluding carboxylic acids is 1. The Morgan fingerprint density at radius 2 is 2.05 bits per heavy atom. The fraction of sp³-hybridized carbons (Fsp3) is 0.867. The highest BCUT2D eigenvalue weighted by Gasteiger charge is 2.22. The molecule has 0 unspecified atom stereocenters. The van der Waals surface area contributed by atoms with Gasteiger partial charge >= 0.3 is 0 Å². The van der Waals surface area contributed by atoms with Gasteiger partial charge in [-0.15, -0.1) is 0 Å². The molecule has 1 heterocycles. The summed E-state index contributed by atoms with van der Waals surface area (Å²) in [6.45, 7) is 6.20. The molecule has 0 atom stereocenters. The van der Waals surface area contributed by atoms with Crippen molar-refractivity contribution in [2.45, 2.75) is 38.1 Å². The lowest BCUT2D eigenvalue weighted by Crippen LogP contribution is -2.39. The highest BCUT2D eigenvalue weighted by Crippen LogP contribution is 2.18. The molecular formula is C15H29N5O2. The molecule has 1 saturated heterocycles. The van der Waals surface area contributed by atoms with Crippen molar-refractivity contribution in [2.24, 2.45) is 10.7 Å². The topological polar surface area (TPSA) is 92.0 Å².